The van der Waals surface area contributed by atoms with Crippen molar-refractivity contribution in [2.75, 3.05) is 0 Å². The Morgan fingerprint density at radius 1 is 1.10 bits per heavy atom. The second-order valence-electron chi connectivity index (χ2n) is 4.90. The number of fused-ring (bicyclic) bond motifs is 1. The molecule has 2 nitrogen and oxygen atoms in total. The summed E-state index contributed by atoms with van der Waals surface area (Å²) in [5.41, 5.74) is 9.55. The highest BCUT2D eigenvalue weighted by atomic mass is 79.9. The van der Waals surface area contributed by atoms with Crippen molar-refractivity contribution in [3.8, 4) is 0 Å². The average molecular weight is 330 g/mol. The van der Waals surface area contributed by atoms with Crippen molar-refractivity contribution in [3.05, 3.63) is 69.9 Å². The molecular formula is C17H16BrNO. The smallest absolute Gasteiger partial charge is 0.134 e. The monoisotopic (exact) mass is 329 g/mol. The second kappa shape index (κ2) is 5.43. The fourth-order valence-electron chi connectivity index (χ4n) is 2.31. The van der Waals surface area contributed by atoms with Gasteiger partial charge in [-0.15, -0.1) is 0 Å². The van der Waals surface area contributed by atoms with E-state index in [4.69, 9.17) is 10.2 Å². The quantitative estimate of drug-likeness (QED) is 0.749. The van der Waals surface area contributed by atoms with E-state index >= 15 is 0 Å². The fraction of sp³-hybridized carbons (Fsp3) is 0.176. The zero-order valence-corrected chi connectivity index (χ0v) is 12.9. The van der Waals surface area contributed by atoms with Crippen LogP contribution in [-0.4, -0.2) is 0 Å². The minimum Gasteiger partial charge on any atom is -0.459 e. The van der Waals surface area contributed by atoms with Gasteiger partial charge >= 0.3 is 0 Å². The maximum Gasteiger partial charge on any atom is 0.134 e. The minimum absolute atomic E-state index is 0.230. The summed E-state index contributed by atoms with van der Waals surface area (Å²) < 4.78 is 6.89. The van der Waals surface area contributed by atoms with Crippen molar-refractivity contribution >= 4 is 26.9 Å². The molecule has 2 aromatic carbocycles. The summed E-state index contributed by atoms with van der Waals surface area (Å²) in [4.78, 5) is 0. The van der Waals surface area contributed by atoms with Crippen LogP contribution in [0.5, 0.6) is 0 Å². The average Bonchev–Trinajstić information content (AvgIpc) is 2.89. The number of furan rings is 1. The summed E-state index contributed by atoms with van der Waals surface area (Å²) in [6, 6.07) is 16.1. The van der Waals surface area contributed by atoms with Crippen molar-refractivity contribution < 1.29 is 4.42 Å². The van der Waals surface area contributed by atoms with Crippen molar-refractivity contribution in [1.29, 1.82) is 0 Å². The first-order valence-corrected chi connectivity index (χ1v) is 7.50. The van der Waals surface area contributed by atoms with Crippen LogP contribution in [0.1, 0.15) is 29.9 Å². The summed E-state index contributed by atoms with van der Waals surface area (Å²) in [5, 5.41) is 1.06. The summed E-state index contributed by atoms with van der Waals surface area (Å²) in [6.45, 7) is 2.14. The van der Waals surface area contributed by atoms with E-state index in [-0.39, 0.29) is 6.04 Å². The number of halogens is 1. The summed E-state index contributed by atoms with van der Waals surface area (Å²) >= 11 is 3.47. The van der Waals surface area contributed by atoms with Crippen molar-refractivity contribution in [3.63, 3.8) is 0 Å². The van der Waals surface area contributed by atoms with Crippen LogP contribution in [0.15, 0.2) is 57.4 Å². The number of rotatable bonds is 3. The van der Waals surface area contributed by atoms with Crippen LogP contribution in [0.25, 0.3) is 11.0 Å². The topological polar surface area (TPSA) is 39.2 Å². The third-order valence-electron chi connectivity index (χ3n) is 3.55. The molecule has 3 heteroatoms. The summed E-state index contributed by atoms with van der Waals surface area (Å²) in [6.07, 6.45) is 1.04. The molecule has 1 atom stereocenters. The highest BCUT2D eigenvalue weighted by Gasteiger charge is 2.14. The van der Waals surface area contributed by atoms with Crippen molar-refractivity contribution in [1.82, 2.24) is 0 Å². The predicted octanol–water partition coefficient (Wildman–Crippen LogP) is 4.81. The maximum absolute atomic E-state index is 6.30. The van der Waals surface area contributed by atoms with E-state index in [9.17, 15) is 0 Å². The molecule has 102 valence electrons. The van der Waals surface area contributed by atoms with Crippen LogP contribution in [0, 0.1) is 0 Å². The van der Waals surface area contributed by atoms with Gasteiger partial charge in [-0.05, 0) is 41.8 Å². The highest BCUT2D eigenvalue weighted by Crippen LogP contribution is 2.28. The Bertz CT molecular complexity index is 730. The lowest BCUT2D eigenvalue weighted by molar-refractivity contribution is 0.525. The van der Waals surface area contributed by atoms with Gasteiger partial charge in [-0.1, -0.05) is 47.1 Å². The number of hydrogen-bond acceptors (Lipinski definition) is 2. The fourth-order valence-corrected chi connectivity index (χ4v) is 2.69. The Morgan fingerprint density at radius 2 is 1.85 bits per heavy atom. The molecule has 3 rings (SSSR count). The second-order valence-corrected chi connectivity index (χ2v) is 5.82. The van der Waals surface area contributed by atoms with Crippen molar-refractivity contribution in [2.45, 2.75) is 19.4 Å². The molecule has 0 spiro atoms. The zero-order chi connectivity index (χ0) is 14.1. The van der Waals surface area contributed by atoms with E-state index in [0.29, 0.717) is 0 Å². The normalized spacial score (nSPS) is 12.8. The molecule has 2 N–H and O–H groups in total. The Labute approximate surface area is 126 Å². The molecule has 1 unspecified atom stereocenters. The van der Waals surface area contributed by atoms with Gasteiger partial charge in [-0.25, -0.2) is 0 Å². The van der Waals surface area contributed by atoms with Crippen LogP contribution in [0.3, 0.4) is 0 Å². The van der Waals surface area contributed by atoms with Gasteiger partial charge in [0.25, 0.3) is 0 Å². The molecule has 0 radical (unpaired) electrons. The van der Waals surface area contributed by atoms with E-state index in [0.717, 1.165) is 33.2 Å². The van der Waals surface area contributed by atoms with Crippen LogP contribution in [-0.2, 0) is 6.42 Å². The molecule has 0 saturated carbocycles. The van der Waals surface area contributed by atoms with Gasteiger partial charge in [-0.3, -0.25) is 0 Å². The number of nitrogens with two attached hydrogens (primary N) is 1. The first kappa shape index (κ1) is 13.4. The molecule has 0 bridgehead atoms. The largest absolute Gasteiger partial charge is 0.459 e. The first-order chi connectivity index (χ1) is 9.67. The molecular weight excluding hydrogens is 314 g/mol. The molecule has 0 aliphatic carbocycles. The highest BCUT2D eigenvalue weighted by molar-refractivity contribution is 9.10. The molecule has 0 aliphatic heterocycles. The molecule has 1 heterocycles. The van der Waals surface area contributed by atoms with E-state index in [2.05, 4.69) is 47.1 Å². The van der Waals surface area contributed by atoms with Gasteiger partial charge in [0.2, 0.25) is 0 Å². The third kappa shape index (κ3) is 2.51. The van der Waals surface area contributed by atoms with Gasteiger partial charge < -0.3 is 10.2 Å². The molecule has 20 heavy (non-hydrogen) atoms. The Hall–Kier alpha value is -1.58. The SMILES string of the molecule is CCc1ccc(C(N)c2cc3cc(Br)ccc3o2)cc1. The third-order valence-corrected chi connectivity index (χ3v) is 4.04. The predicted molar refractivity (Wildman–Crippen MR) is 85.8 cm³/mol. The Balaban J connectivity index is 1.96. The van der Waals surface area contributed by atoms with Gasteiger partial charge in [0.05, 0.1) is 6.04 Å². The molecule has 0 aliphatic rings. The van der Waals surface area contributed by atoms with Crippen molar-refractivity contribution in [2.24, 2.45) is 5.73 Å². The van der Waals surface area contributed by atoms with Gasteiger partial charge in [0, 0.05) is 9.86 Å². The van der Waals surface area contributed by atoms with E-state index in [1.165, 1.54) is 5.56 Å². The van der Waals surface area contributed by atoms with Crippen LogP contribution >= 0.6 is 15.9 Å². The summed E-state index contributed by atoms with van der Waals surface area (Å²) in [7, 11) is 0. The molecule has 0 saturated heterocycles. The van der Waals surface area contributed by atoms with Crippen LogP contribution < -0.4 is 5.73 Å². The molecule has 0 fully saturated rings. The minimum atomic E-state index is -0.230. The number of hydrogen-bond donors (Lipinski definition) is 1. The van der Waals surface area contributed by atoms with Gasteiger partial charge in [0.15, 0.2) is 0 Å². The first-order valence-electron chi connectivity index (χ1n) is 6.71. The number of aryl methyl sites for hydroxylation is 1. The number of benzene rings is 2. The Morgan fingerprint density at radius 3 is 2.55 bits per heavy atom. The van der Waals surface area contributed by atoms with E-state index < -0.39 is 0 Å². The van der Waals surface area contributed by atoms with Crippen LogP contribution in [0.4, 0.5) is 0 Å². The van der Waals surface area contributed by atoms with E-state index in [1.54, 1.807) is 0 Å². The lowest BCUT2D eigenvalue weighted by Crippen LogP contribution is -2.10. The molecule has 0 amide bonds. The lowest BCUT2D eigenvalue weighted by Gasteiger charge is -2.09. The Kier molecular flexibility index (Phi) is 3.64. The molecule has 1 aromatic heterocycles. The standard InChI is InChI=1S/C17H16BrNO/c1-2-11-3-5-12(6-4-11)17(19)16-10-13-9-14(18)7-8-15(13)20-16/h3-10,17H,2,19H2,1H3. The lowest BCUT2D eigenvalue weighted by atomic mass is 10.0. The van der Waals surface area contributed by atoms with E-state index in [1.807, 2.05) is 24.3 Å². The summed E-state index contributed by atoms with van der Waals surface area (Å²) in [5.74, 6) is 0.794. The van der Waals surface area contributed by atoms with Gasteiger partial charge in [0.1, 0.15) is 11.3 Å². The maximum atomic E-state index is 6.30. The van der Waals surface area contributed by atoms with Crippen LogP contribution in [0.2, 0.25) is 0 Å². The molecule has 3 aromatic rings. The zero-order valence-electron chi connectivity index (χ0n) is 11.3. The van der Waals surface area contributed by atoms with Gasteiger partial charge in [-0.2, -0.15) is 0 Å².